The van der Waals surface area contributed by atoms with E-state index in [1.54, 1.807) is 0 Å². The molecule has 0 radical (unpaired) electrons. The van der Waals surface area contributed by atoms with Crippen molar-refractivity contribution in [1.82, 2.24) is 25.5 Å². The Morgan fingerprint density at radius 2 is 1.94 bits per heavy atom. The summed E-state index contributed by atoms with van der Waals surface area (Å²) < 4.78 is 0. The molecular weight excluding hydrogens is 452 g/mol. The van der Waals surface area contributed by atoms with Gasteiger partial charge in [-0.05, 0) is 26.2 Å². The molecule has 0 aliphatic carbocycles. The highest BCUT2D eigenvalue weighted by Gasteiger charge is 2.39. The van der Waals surface area contributed by atoms with Gasteiger partial charge in [-0.25, -0.2) is 9.78 Å². The van der Waals surface area contributed by atoms with Crippen LogP contribution in [0.4, 0.5) is 0 Å². The SMILES string of the molecule is CC(O)C(NC(=O)C(N)CCC(=O)O)C(=O)NC(Cc1cnc[nH]1)C(=O)N1CCCC1C(=O)O. The van der Waals surface area contributed by atoms with Crippen molar-refractivity contribution in [3.63, 3.8) is 0 Å². The molecule has 2 heterocycles. The largest absolute Gasteiger partial charge is 0.481 e. The van der Waals surface area contributed by atoms with E-state index in [9.17, 15) is 34.2 Å². The third-order valence-electron chi connectivity index (χ3n) is 5.48. The Bertz CT molecular complexity index is 890. The molecule has 1 aliphatic heterocycles. The van der Waals surface area contributed by atoms with Gasteiger partial charge in [-0.3, -0.25) is 19.2 Å². The first kappa shape index (κ1) is 26.7. The van der Waals surface area contributed by atoms with Crippen LogP contribution in [0.1, 0.15) is 38.3 Å². The third-order valence-corrected chi connectivity index (χ3v) is 5.48. The average molecular weight is 482 g/mol. The van der Waals surface area contributed by atoms with E-state index in [2.05, 4.69) is 20.6 Å². The molecule has 0 aromatic carbocycles. The number of amides is 3. The van der Waals surface area contributed by atoms with Gasteiger partial charge < -0.3 is 41.6 Å². The molecule has 14 nitrogen and oxygen atoms in total. The molecule has 0 spiro atoms. The van der Waals surface area contributed by atoms with Gasteiger partial charge in [0.2, 0.25) is 17.7 Å². The minimum Gasteiger partial charge on any atom is -0.481 e. The van der Waals surface area contributed by atoms with E-state index in [-0.39, 0.29) is 32.2 Å². The molecule has 34 heavy (non-hydrogen) atoms. The number of rotatable bonds is 12. The van der Waals surface area contributed by atoms with Crippen LogP contribution >= 0.6 is 0 Å². The summed E-state index contributed by atoms with van der Waals surface area (Å²) in [6.45, 7) is 1.46. The van der Waals surface area contributed by atoms with Crippen molar-refractivity contribution in [2.45, 2.75) is 69.3 Å². The van der Waals surface area contributed by atoms with Crippen LogP contribution in [0.2, 0.25) is 0 Å². The second-order valence-electron chi connectivity index (χ2n) is 8.14. The summed E-state index contributed by atoms with van der Waals surface area (Å²) in [5, 5.41) is 33.0. The molecule has 0 bridgehead atoms. The highest BCUT2D eigenvalue weighted by Crippen LogP contribution is 2.19. The molecule has 1 aromatic heterocycles. The molecular formula is C20H30N6O8. The van der Waals surface area contributed by atoms with Crippen LogP contribution in [0.3, 0.4) is 0 Å². The molecule has 5 atom stereocenters. The van der Waals surface area contributed by atoms with Crippen molar-refractivity contribution < 1.29 is 39.3 Å². The van der Waals surface area contributed by atoms with Crippen LogP contribution in [0.5, 0.6) is 0 Å². The maximum absolute atomic E-state index is 13.2. The molecule has 188 valence electrons. The Hall–Kier alpha value is -3.52. The van der Waals surface area contributed by atoms with Crippen molar-refractivity contribution in [3.8, 4) is 0 Å². The number of imidazole rings is 1. The number of aromatic amines is 1. The number of nitrogens with one attached hydrogen (secondary N) is 3. The topological polar surface area (TPSA) is 228 Å². The van der Waals surface area contributed by atoms with Crippen LogP contribution < -0.4 is 16.4 Å². The molecule has 1 fully saturated rings. The number of likely N-dealkylation sites (tertiary alicyclic amines) is 1. The lowest BCUT2D eigenvalue weighted by Gasteiger charge is -2.29. The summed E-state index contributed by atoms with van der Waals surface area (Å²) in [6.07, 6.45) is 1.65. The molecule has 5 unspecified atom stereocenters. The number of aromatic nitrogens is 2. The maximum atomic E-state index is 13.2. The third kappa shape index (κ3) is 7.25. The smallest absolute Gasteiger partial charge is 0.326 e. The number of carboxylic acid groups (broad SMARTS) is 2. The molecule has 1 aromatic rings. The minimum absolute atomic E-state index is 0.0357. The lowest BCUT2D eigenvalue weighted by atomic mass is 10.1. The number of carbonyl (C=O) groups excluding carboxylic acids is 3. The predicted molar refractivity (Wildman–Crippen MR) is 115 cm³/mol. The zero-order valence-electron chi connectivity index (χ0n) is 18.6. The highest BCUT2D eigenvalue weighted by molar-refractivity contribution is 5.94. The molecule has 8 N–H and O–H groups in total. The van der Waals surface area contributed by atoms with Gasteiger partial charge in [0.05, 0.1) is 18.5 Å². The van der Waals surface area contributed by atoms with Gasteiger partial charge in [0.1, 0.15) is 18.1 Å². The van der Waals surface area contributed by atoms with E-state index in [1.165, 1.54) is 24.3 Å². The Labute approximate surface area is 194 Å². The van der Waals surface area contributed by atoms with E-state index in [0.29, 0.717) is 12.1 Å². The summed E-state index contributed by atoms with van der Waals surface area (Å²) in [5.41, 5.74) is 6.16. The van der Waals surface area contributed by atoms with Gasteiger partial charge in [-0.15, -0.1) is 0 Å². The fourth-order valence-electron chi connectivity index (χ4n) is 3.64. The van der Waals surface area contributed by atoms with Gasteiger partial charge in [0, 0.05) is 31.3 Å². The normalized spacial score (nSPS) is 19.0. The number of aliphatic hydroxyl groups is 1. The number of nitrogens with two attached hydrogens (primary N) is 1. The molecule has 1 aliphatic rings. The average Bonchev–Trinajstić information content (AvgIpc) is 3.46. The first-order chi connectivity index (χ1) is 16.0. The number of hydrogen-bond donors (Lipinski definition) is 7. The fourth-order valence-corrected chi connectivity index (χ4v) is 3.64. The molecule has 14 heteroatoms. The first-order valence-corrected chi connectivity index (χ1v) is 10.8. The van der Waals surface area contributed by atoms with Gasteiger partial charge in [0.15, 0.2) is 0 Å². The summed E-state index contributed by atoms with van der Waals surface area (Å²) in [6, 6.07) is -4.94. The second kappa shape index (κ2) is 12.1. The van der Waals surface area contributed by atoms with E-state index >= 15 is 0 Å². The van der Waals surface area contributed by atoms with Crippen LogP contribution in [0, 0.1) is 0 Å². The zero-order valence-corrected chi connectivity index (χ0v) is 18.6. The molecule has 1 saturated heterocycles. The van der Waals surface area contributed by atoms with Crippen molar-refractivity contribution >= 4 is 29.7 Å². The Kier molecular flexibility index (Phi) is 9.50. The van der Waals surface area contributed by atoms with Gasteiger partial charge in [-0.2, -0.15) is 0 Å². The standard InChI is InChI=1S/C20H30N6O8/c1-10(27)16(25-17(30)12(21)4-5-15(28)29)18(31)24-13(7-11-8-22-9-23-11)19(32)26-6-2-3-14(26)20(33)34/h8-10,12-14,16,27H,2-7,21H2,1H3,(H,22,23)(H,24,31)(H,25,30)(H,28,29)(H,33,34). The Balaban J connectivity index is 2.16. The number of carbonyl (C=O) groups is 5. The lowest BCUT2D eigenvalue weighted by molar-refractivity contribution is -0.149. The second-order valence-corrected chi connectivity index (χ2v) is 8.14. The first-order valence-electron chi connectivity index (χ1n) is 10.8. The van der Waals surface area contributed by atoms with Crippen LogP contribution in [0.15, 0.2) is 12.5 Å². The number of H-pyrrole nitrogens is 1. The zero-order chi connectivity index (χ0) is 25.4. The van der Waals surface area contributed by atoms with E-state index in [1.807, 2.05) is 0 Å². The summed E-state index contributed by atoms with van der Waals surface area (Å²) in [4.78, 5) is 68.5. The maximum Gasteiger partial charge on any atom is 0.326 e. The fraction of sp³-hybridized carbons (Fsp3) is 0.600. The highest BCUT2D eigenvalue weighted by atomic mass is 16.4. The number of aliphatic hydroxyl groups excluding tert-OH is 1. The van der Waals surface area contributed by atoms with E-state index in [0.717, 1.165) is 0 Å². The monoisotopic (exact) mass is 482 g/mol. The minimum atomic E-state index is -1.49. The van der Waals surface area contributed by atoms with Crippen LogP contribution in [0.25, 0.3) is 0 Å². The summed E-state index contributed by atoms with van der Waals surface area (Å²) in [7, 11) is 0. The molecule has 2 rings (SSSR count). The van der Waals surface area contributed by atoms with E-state index in [4.69, 9.17) is 10.8 Å². The quantitative estimate of drug-likeness (QED) is 0.166. The van der Waals surface area contributed by atoms with Crippen LogP contribution in [-0.2, 0) is 30.4 Å². The summed E-state index contributed by atoms with van der Waals surface area (Å²) >= 11 is 0. The van der Waals surface area contributed by atoms with Crippen molar-refractivity contribution in [3.05, 3.63) is 18.2 Å². The summed E-state index contributed by atoms with van der Waals surface area (Å²) in [5.74, 6) is -4.65. The number of carboxylic acids is 2. The van der Waals surface area contributed by atoms with Gasteiger partial charge >= 0.3 is 11.9 Å². The van der Waals surface area contributed by atoms with Crippen molar-refractivity contribution in [2.75, 3.05) is 6.54 Å². The Morgan fingerprint density at radius 3 is 2.50 bits per heavy atom. The predicted octanol–water partition coefficient (Wildman–Crippen LogP) is -2.43. The lowest BCUT2D eigenvalue weighted by Crippen LogP contribution is -2.60. The Morgan fingerprint density at radius 1 is 1.24 bits per heavy atom. The van der Waals surface area contributed by atoms with E-state index < -0.39 is 59.9 Å². The number of hydrogen-bond acceptors (Lipinski definition) is 8. The number of aliphatic carboxylic acids is 2. The van der Waals surface area contributed by atoms with Crippen molar-refractivity contribution in [1.29, 1.82) is 0 Å². The van der Waals surface area contributed by atoms with Crippen LogP contribution in [-0.4, -0.2) is 96.7 Å². The molecule has 0 saturated carbocycles. The number of nitrogens with zero attached hydrogens (tertiary/aromatic N) is 2. The van der Waals surface area contributed by atoms with Crippen molar-refractivity contribution in [2.24, 2.45) is 5.73 Å². The van der Waals surface area contributed by atoms with Gasteiger partial charge in [0.25, 0.3) is 0 Å². The van der Waals surface area contributed by atoms with Gasteiger partial charge in [-0.1, -0.05) is 0 Å². The molecule has 3 amide bonds.